The molecule has 0 atom stereocenters. The zero-order valence-corrected chi connectivity index (χ0v) is 16.4. The Morgan fingerprint density at radius 2 is 1.79 bits per heavy atom. The van der Waals surface area contributed by atoms with E-state index in [1.54, 1.807) is 43.3 Å². The van der Waals surface area contributed by atoms with Crippen LogP contribution in [0.3, 0.4) is 0 Å². The van der Waals surface area contributed by atoms with E-state index in [2.05, 4.69) is 10.6 Å². The van der Waals surface area contributed by atoms with E-state index in [-0.39, 0.29) is 24.2 Å². The van der Waals surface area contributed by atoms with E-state index in [1.807, 2.05) is 13.0 Å². The van der Waals surface area contributed by atoms with Gasteiger partial charge in [0.15, 0.2) is 0 Å². The molecule has 0 saturated heterocycles. The van der Waals surface area contributed by atoms with Crippen molar-refractivity contribution in [1.82, 2.24) is 5.32 Å². The van der Waals surface area contributed by atoms with E-state index < -0.39 is 6.16 Å². The highest BCUT2D eigenvalue weighted by atomic mass is 16.7. The Hall–Kier alpha value is -3.61. The van der Waals surface area contributed by atoms with Crippen LogP contribution >= 0.6 is 0 Å². The molecule has 152 valence electrons. The van der Waals surface area contributed by atoms with Gasteiger partial charge in [0.25, 0.3) is 5.91 Å². The van der Waals surface area contributed by atoms with E-state index in [4.69, 9.17) is 9.47 Å². The number of hydrogen-bond donors (Lipinski definition) is 2. The molecule has 0 unspecified atom stereocenters. The van der Waals surface area contributed by atoms with Gasteiger partial charge in [-0.05, 0) is 61.4 Å². The zero-order valence-electron chi connectivity index (χ0n) is 16.4. The molecule has 0 aromatic heterocycles. The van der Waals surface area contributed by atoms with Crippen molar-refractivity contribution in [2.45, 2.75) is 26.8 Å². The fraction of sp³-hybridized carbons (Fsp3) is 0.227. The van der Waals surface area contributed by atoms with Crippen LogP contribution in [-0.4, -0.2) is 24.6 Å². The Labute approximate surface area is 169 Å². The normalized spacial score (nSPS) is 10.4. The summed E-state index contributed by atoms with van der Waals surface area (Å²) in [5.41, 5.74) is 1.88. The van der Waals surface area contributed by atoms with Gasteiger partial charge < -0.3 is 20.1 Å². The summed E-state index contributed by atoms with van der Waals surface area (Å²) in [5.74, 6) is -0.180. The van der Waals surface area contributed by atoms with Crippen LogP contribution in [0, 0.1) is 0 Å². The molecular formula is C22H24N2O5. The lowest BCUT2D eigenvalue weighted by molar-refractivity contribution is -0.116. The van der Waals surface area contributed by atoms with Crippen molar-refractivity contribution >= 4 is 23.7 Å². The second-order valence-electron chi connectivity index (χ2n) is 5.99. The predicted molar refractivity (Wildman–Crippen MR) is 110 cm³/mol. The highest BCUT2D eigenvalue weighted by Crippen LogP contribution is 2.16. The maximum atomic E-state index is 12.4. The molecular weight excluding hydrogens is 372 g/mol. The Balaban J connectivity index is 1.94. The van der Waals surface area contributed by atoms with Crippen molar-refractivity contribution in [2.24, 2.45) is 0 Å². The molecule has 0 spiro atoms. The van der Waals surface area contributed by atoms with Gasteiger partial charge in [0.1, 0.15) is 5.75 Å². The monoisotopic (exact) mass is 396 g/mol. The first-order valence-electron chi connectivity index (χ1n) is 9.31. The maximum Gasteiger partial charge on any atom is 0.513 e. The van der Waals surface area contributed by atoms with Crippen molar-refractivity contribution in [1.29, 1.82) is 0 Å². The van der Waals surface area contributed by atoms with Crippen LogP contribution < -0.4 is 15.4 Å². The number of carbonyl (C=O) groups is 3. The van der Waals surface area contributed by atoms with Crippen molar-refractivity contribution in [3.63, 3.8) is 0 Å². The number of amides is 2. The molecule has 2 aromatic rings. The molecule has 0 aliphatic heterocycles. The molecule has 7 heteroatoms. The minimum atomic E-state index is -0.793. The quantitative estimate of drug-likeness (QED) is 0.399. The molecule has 29 heavy (non-hydrogen) atoms. The largest absolute Gasteiger partial charge is 0.513 e. The molecule has 0 heterocycles. The number of ether oxygens (including phenoxy) is 2. The van der Waals surface area contributed by atoms with E-state index in [9.17, 15) is 14.4 Å². The third-order valence-electron chi connectivity index (χ3n) is 3.74. The number of anilines is 1. The lowest BCUT2D eigenvalue weighted by atomic mass is 10.1. The minimum absolute atomic E-state index is 0.161. The first-order valence-corrected chi connectivity index (χ1v) is 9.31. The van der Waals surface area contributed by atoms with E-state index in [1.165, 1.54) is 18.2 Å². The van der Waals surface area contributed by atoms with Crippen LogP contribution in [0.5, 0.6) is 5.75 Å². The molecule has 0 bridgehead atoms. The fourth-order valence-corrected chi connectivity index (χ4v) is 2.35. The third kappa shape index (κ3) is 7.50. The average molecular weight is 396 g/mol. The molecule has 2 aromatic carbocycles. The smallest absolute Gasteiger partial charge is 0.434 e. The Morgan fingerprint density at radius 3 is 2.48 bits per heavy atom. The average Bonchev–Trinajstić information content (AvgIpc) is 2.71. The van der Waals surface area contributed by atoms with Gasteiger partial charge in [-0.3, -0.25) is 9.59 Å². The fourth-order valence-electron chi connectivity index (χ4n) is 2.35. The molecule has 2 amide bonds. The van der Waals surface area contributed by atoms with Gasteiger partial charge >= 0.3 is 6.16 Å². The van der Waals surface area contributed by atoms with Crippen LogP contribution in [0.4, 0.5) is 10.5 Å². The van der Waals surface area contributed by atoms with Crippen LogP contribution in [0.25, 0.3) is 0 Å². The van der Waals surface area contributed by atoms with Gasteiger partial charge in [-0.2, -0.15) is 0 Å². The van der Waals surface area contributed by atoms with Gasteiger partial charge in [0.05, 0.1) is 6.61 Å². The molecule has 0 fully saturated rings. The second kappa shape index (κ2) is 11.3. The Morgan fingerprint density at radius 1 is 1.03 bits per heavy atom. The van der Waals surface area contributed by atoms with Crippen molar-refractivity contribution in [2.75, 3.05) is 11.9 Å². The summed E-state index contributed by atoms with van der Waals surface area (Å²) < 4.78 is 9.66. The Kier molecular flexibility index (Phi) is 8.44. The van der Waals surface area contributed by atoms with Gasteiger partial charge in [-0.15, -0.1) is 0 Å². The molecule has 0 aliphatic rings. The van der Waals surface area contributed by atoms with Gasteiger partial charge in [-0.25, -0.2) is 4.79 Å². The summed E-state index contributed by atoms with van der Waals surface area (Å²) in [6.45, 7) is 4.21. The summed E-state index contributed by atoms with van der Waals surface area (Å²) in [5, 5.41) is 5.59. The predicted octanol–water partition coefficient (Wildman–Crippen LogP) is 4.06. The zero-order chi connectivity index (χ0) is 21.1. The SMILES string of the molecule is CC/C=C/C(=O)NCc1cccc(NC(=O)c2ccc(OC(=O)OCC)cc2)c1. The number of benzene rings is 2. The van der Waals surface area contributed by atoms with E-state index in [0.29, 0.717) is 17.8 Å². The highest BCUT2D eigenvalue weighted by molar-refractivity contribution is 6.04. The van der Waals surface area contributed by atoms with Crippen LogP contribution in [0.1, 0.15) is 36.2 Å². The van der Waals surface area contributed by atoms with Crippen LogP contribution in [-0.2, 0) is 16.1 Å². The summed E-state index contributed by atoms with van der Waals surface area (Å²) >= 11 is 0. The molecule has 7 nitrogen and oxygen atoms in total. The summed E-state index contributed by atoms with van der Waals surface area (Å²) in [7, 11) is 0. The number of carbonyl (C=O) groups excluding carboxylic acids is 3. The summed E-state index contributed by atoms with van der Waals surface area (Å²) in [6.07, 6.45) is 3.29. The lowest BCUT2D eigenvalue weighted by Crippen LogP contribution is -2.20. The van der Waals surface area contributed by atoms with Gasteiger partial charge in [-0.1, -0.05) is 25.1 Å². The van der Waals surface area contributed by atoms with Crippen molar-refractivity contribution < 1.29 is 23.9 Å². The van der Waals surface area contributed by atoms with Crippen LogP contribution in [0.2, 0.25) is 0 Å². The molecule has 2 N–H and O–H groups in total. The van der Waals surface area contributed by atoms with Crippen molar-refractivity contribution in [3.8, 4) is 5.75 Å². The first kappa shape index (κ1) is 21.7. The van der Waals surface area contributed by atoms with Crippen LogP contribution in [0.15, 0.2) is 60.7 Å². The van der Waals surface area contributed by atoms with E-state index >= 15 is 0 Å². The maximum absolute atomic E-state index is 12.4. The molecule has 0 saturated carbocycles. The third-order valence-corrected chi connectivity index (χ3v) is 3.74. The number of rotatable bonds is 8. The summed E-state index contributed by atoms with van der Waals surface area (Å²) in [6, 6.07) is 13.3. The number of nitrogens with one attached hydrogen (secondary N) is 2. The number of hydrogen-bond acceptors (Lipinski definition) is 5. The van der Waals surface area contributed by atoms with Gasteiger partial charge in [0, 0.05) is 17.8 Å². The number of allylic oxidation sites excluding steroid dienone is 1. The molecule has 0 aliphatic carbocycles. The second-order valence-corrected chi connectivity index (χ2v) is 5.99. The van der Waals surface area contributed by atoms with Gasteiger partial charge in [0.2, 0.25) is 5.91 Å². The summed E-state index contributed by atoms with van der Waals surface area (Å²) in [4.78, 5) is 35.4. The molecule has 0 radical (unpaired) electrons. The standard InChI is InChI=1S/C22H24N2O5/c1-3-5-9-20(25)23-15-16-7-6-8-18(14-16)24-21(26)17-10-12-19(13-11-17)29-22(27)28-4-2/h5-14H,3-4,15H2,1-2H3,(H,23,25)(H,24,26)/b9-5+. The minimum Gasteiger partial charge on any atom is -0.434 e. The lowest BCUT2D eigenvalue weighted by Gasteiger charge is -2.09. The van der Waals surface area contributed by atoms with E-state index in [0.717, 1.165) is 12.0 Å². The highest BCUT2D eigenvalue weighted by Gasteiger charge is 2.09. The topological polar surface area (TPSA) is 93.7 Å². The first-order chi connectivity index (χ1) is 14.0. The Bertz CT molecular complexity index is 875. The molecule has 2 rings (SSSR count). The van der Waals surface area contributed by atoms with Crippen molar-refractivity contribution in [3.05, 3.63) is 71.8 Å².